The second-order valence-electron chi connectivity index (χ2n) is 10.1. The van der Waals surface area contributed by atoms with E-state index in [0.717, 1.165) is 42.8 Å². The first-order valence-corrected chi connectivity index (χ1v) is 13.6. The number of halogens is 1. The molecule has 0 bridgehead atoms. The molecule has 0 spiro atoms. The average Bonchev–Trinajstić information content (AvgIpc) is 2.92. The molecule has 208 valence electrons. The van der Waals surface area contributed by atoms with E-state index in [4.69, 9.17) is 10.5 Å². The number of rotatable bonds is 13. The van der Waals surface area contributed by atoms with Gasteiger partial charge in [-0.25, -0.2) is 4.39 Å². The number of unbranched alkanes of at least 4 members (excludes halogenated alkanes) is 1. The SMILES string of the molecule is COc1ccc(C)cc1CCc1c(F)cccc1C(=O)NC(N)=NCCCCN(Cc1ccccc1)C(C)C. The van der Waals surface area contributed by atoms with E-state index in [1.807, 2.05) is 31.2 Å². The number of aryl methyl sites for hydroxylation is 2. The predicted molar refractivity (Wildman–Crippen MR) is 157 cm³/mol. The molecule has 6 nitrogen and oxygen atoms in total. The van der Waals surface area contributed by atoms with Crippen LogP contribution in [0.1, 0.15) is 59.3 Å². The fraction of sp³-hybridized carbons (Fsp3) is 0.375. The Morgan fingerprint density at radius 3 is 2.54 bits per heavy atom. The highest BCUT2D eigenvalue weighted by Crippen LogP contribution is 2.23. The molecular formula is C32H41FN4O2. The molecule has 1 amide bonds. The molecule has 3 N–H and O–H groups in total. The maximum absolute atomic E-state index is 14.8. The van der Waals surface area contributed by atoms with Crippen LogP contribution >= 0.6 is 0 Å². The zero-order chi connectivity index (χ0) is 28.2. The van der Waals surface area contributed by atoms with Gasteiger partial charge in [-0.05, 0) is 82.3 Å². The number of aliphatic imine (C=N–C) groups is 1. The molecule has 7 heteroatoms. The fourth-order valence-corrected chi connectivity index (χ4v) is 4.58. The van der Waals surface area contributed by atoms with Crippen LogP contribution in [0.2, 0.25) is 0 Å². The molecule has 0 unspecified atom stereocenters. The summed E-state index contributed by atoms with van der Waals surface area (Å²) in [6, 6.07) is 21.3. The number of carbonyl (C=O) groups excluding carboxylic acids is 1. The smallest absolute Gasteiger partial charge is 0.258 e. The second kappa shape index (κ2) is 15.0. The molecule has 0 radical (unpaired) electrons. The number of nitrogens with two attached hydrogens (primary N) is 1. The van der Waals surface area contributed by atoms with Crippen LogP contribution in [0.5, 0.6) is 5.75 Å². The van der Waals surface area contributed by atoms with Crippen LogP contribution in [0.3, 0.4) is 0 Å². The quantitative estimate of drug-likeness (QED) is 0.169. The minimum absolute atomic E-state index is 0.0422. The molecule has 0 saturated heterocycles. The van der Waals surface area contributed by atoms with Gasteiger partial charge in [0.25, 0.3) is 5.91 Å². The Balaban J connectivity index is 1.53. The number of benzene rings is 3. The number of guanidine groups is 1. The first kappa shape index (κ1) is 29.8. The summed E-state index contributed by atoms with van der Waals surface area (Å²) in [6.45, 7) is 8.77. The summed E-state index contributed by atoms with van der Waals surface area (Å²) >= 11 is 0. The van der Waals surface area contributed by atoms with E-state index < -0.39 is 11.7 Å². The highest BCUT2D eigenvalue weighted by Gasteiger charge is 2.17. The number of amides is 1. The third kappa shape index (κ3) is 9.21. The highest BCUT2D eigenvalue weighted by molar-refractivity contribution is 6.06. The van der Waals surface area contributed by atoms with Gasteiger partial charge in [-0.3, -0.25) is 20.0 Å². The fourth-order valence-electron chi connectivity index (χ4n) is 4.58. The minimum Gasteiger partial charge on any atom is -0.496 e. The normalized spacial score (nSPS) is 11.7. The predicted octanol–water partition coefficient (Wildman–Crippen LogP) is 5.66. The first-order chi connectivity index (χ1) is 18.8. The van der Waals surface area contributed by atoms with Gasteiger partial charge in [0.05, 0.1) is 7.11 Å². The van der Waals surface area contributed by atoms with Crippen molar-refractivity contribution in [1.29, 1.82) is 0 Å². The van der Waals surface area contributed by atoms with Gasteiger partial charge >= 0.3 is 0 Å². The van der Waals surface area contributed by atoms with E-state index in [9.17, 15) is 9.18 Å². The Labute approximate surface area is 232 Å². The molecule has 39 heavy (non-hydrogen) atoms. The molecule has 0 fully saturated rings. The number of ether oxygens (including phenoxy) is 1. The van der Waals surface area contributed by atoms with Gasteiger partial charge < -0.3 is 10.5 Å². The number of carbonyl (C=O) groups is 1. The van der Waals surface area contributed by atoms with Gasteiger partial charge in [-0.1, -0.05) is 54.1 Å². The molecule has 0 aliphatic rings. The van der Waals surface area contributed by atoms with Crippen molar-refractivity contribution in [3.05, 3.63) is 100 Å². The van der Waals surface area contributed by atoms with E-state index in [-0.39, 0.29) is 11.5 Å². The van der Waals surface area contributed by atoms with Crippen LogP contribution in [0, 0.1) is 12.7 Å². The van der Waals surface area contributed by atoms with Crippen molar-refractivity contribution in [1.82, 2.24) is 10.2 Å². The molecule has 0 atom stereocenters. The molecular weight excluding hydrogens is 491 g/mol. The van der Waals surface area contributed by atoms with Crippen molar-refractivity contribution in [2.45, 2.75) is 59.0 Å². The molecule has 3 aromatic carbocycles. The van der Waals surface area contributed by atoms with Crippen LogP contribution in [-0.2, 0) is 19.4 Å². The van der Waals surface area contributed by atoms with Gasteiger partial charge in [0.15, 0.2) is 5.96 Å². The molecule has 0 aliphatic heterocycles. The van der Waals surface area contributed by atoms with Crippen molar-refractivity contribution < 1.29 is 13.9 Å². The number of hydrogen-bond acceptors (Lipinski definition) is 4. The minimum atomic E-state index is -0.462. The van der Waals surface area contributed by atoms with Crippen LogP contribution in [0.25, 0.3) is 0 Å². The molecule has 3 aromatic rings. The second-order valence-corrected chi connectivity index (χ2v) is 10.1. The Bertz CT molecular complexity index is 1240. The molecule has 0 aliphatic carbocycles. The number of nitrogens with zero attached hydrogens (tertiary/aromatic N) is 2. The first-order valence-electron chi connectivity index (χ1n) is 13.6. The summed E-state index contributed by atoms with van der Waals surface area (Å²) in [5, 5.41) is 2.63. The summed E-state index contributed by atoms with van der Waals surface area (Å²) in [6.07, 6.45) is 2.69. The topological polar surface area (TPSA) is 79.9 Å². The molecule has 0 saturated carbocycles. The third-order valence-corrected chi connectivity index (χ3v) is 6.78. The van der Waals surface area contributed by atoms with E-state index in [1.54, 1.807) is 13.2 Å². The monoisotopic (exact) mass is 532 g/mol. The van der Waals surface area contributed by atoms with Gasteiger partial charge in [0.2, 0.25) is 0 Å². The van der Waals surface area contributed by atoms with Gasteiger partial charge in [0, 0.05) is 30.3 Å². The van der Waals surface area contributed by atoms with Gasteiger partial charge in [-0.15, -0.1) is 0 Å². The summed E-state index contributed by atoms with van der Waals surface area (Å²) in [5.41, 5.74) is 9.97. The Morgan fingerprint density at radius 1 is 1.05 bits per heavy atom. The van der Waals surface area contributed by atoms with E-state index >= 15 is 0 Å². The largest absolute Gasteiger partial charge is 0.496 e. The number of hydrogen-bond donors (Lipinski definition) is 2. The van der Waals surface area contributed by atoms with Crippen LogP contribution in [-0.4, -0.2) is 43.0 Å². The number of nitrogens with one attached hydrogen (secondary N) is 1. The van der Waals surface area contributed by atoms with Crippen molar-refractivity contribution in [3.63, 3.8) is 0 Å². The molecule has 0 aromatic heterocycles. The maximum Gasteiger partial charge on any atom is 0.258 e. The maximum atomic E-state index is 14.8. The van der Waals surface area contributed by atoms with Crippen molar-refractivity contribution >= 4 is 11.9 Å². The van der Waals surface area contributed by atoms with Gasteiger partial charge in [0.1, 0.15) is 11.6 Å². The lowest BCUT2D eigenvalue weighted by Crippen LogP contribution is -2.37. The van der Waals surface area contributed by atoms with Crippen LogP contribution in [0.4, 0.5) is 4.39 Å². The highest BCUT2D eigenvalue weighted by atomic mass is 19.1. The summed E-state index contributed by atoms with van der Waals surface area (Å²) in [4.78, 5) is 19.7. The molecule has 0 heterocycles. The zero-order valence-electron chi connectivity index (χ0n) is 23.5. The van der Waals surface area contributed by atoms with Crippen molar-refractivity contribution in [2.75, 3.05) is 20.2 Å². The Morgan fingerprint density at radius 2 is 1.82 bits per heavy atom. The Kier molecular flexibility index (Phi) is 11.5. The third-order valence-electron chi connectivity index (χ3n) is 6.78. The summed E-state index contributed by atoms with van der Waals surface area (Å²) < 4.78 is 20.2. The lowest BCUT2D eigenvalue weighted by molar-refractivity contribution is 0.0975. The van der Waals surface area contributed by atoms with Crippen LogP contribution < -0.4 is 15.8 Å². The summed E-state index contributed by atoms with van der Waals surface area (Å²) in [5.74, 6) is -0.0951. The van der Waals surface area contributed by atoms with Crippen molar-refractivity contribution in [3.8, 4) is 5.75 Å². The van der Waals surface area contributed by atoms with Crippen LogP contribution in [0.15, 0.2) is 71.7 Å². The van der Waals surface area contributed by atoms with E-state index in [1.165, 1.54) is 17.7 Å². The Hall–Kier alpha value is -3.71. The summed E-state index contributed by atoms with van der Waals surface area (Å²) in [7, 11) is 1.61. The van der Waals surface area contributed by atoms with E-state index in [2.05, 4.69) is 53.3 Å². The van der Waals surface area contributed by atoms with E-state index in [0.29, 0.717) is 31.0 Å². The standard InChI is InChI=1S/C32H41FN4O2/c1-23(2)37(22-25-11-6-5-7-12-25)20-9-8-19-35-32(34)36-31(38)28-13-10-14-29(33)27(28)17-16-26-21-24(3)15-18-30(26)39-4/h5-7,10-15,18,21,23H,8-9,16-17,19-20,22H2,1-4H3,(H3,34,35,36,38). The van der Waals surface area contributed by atoms with Crippen molar-refractivity contribution in [2.24, 2.45) is 10.7 Å². The van der Waals surface area contributed by atoms with Gasteiger partial charge in [-0.2, -0.15) is 0 Å². The average molecular weight is 533 g/mol. The molecule has 3 rings (SSSR count). The lowest BCUT2D eigenvalue weighted by Gasteiger charge is -2.26. The zero-order valence-corrected chi connectivity index (χ0v) is 23.5. The number of methoxy groups -OCH3 is 1. The lowest BCUT2D eigenvalue weighted by atomic mass is 9.97.